The molecule has 24 heavy (non-hydrogen) atoms. The number of rotatable bonds is 4. The molecule has 0 amide bonds. The molecule has 0 aromatic heterocycles. The Balaban J connectivity index is 1.62. The molecule has 0 saturated heterocycles. The minimum absolute atomic E-state index is 0.771. The molecule has 0 saturated carbocycles. The summed E-state index contributed by atoms with van der Waals surface area (Å²) in [6, 6.07) is 20.2. The van der Waals surface area contributed by atoms with E-state index >= 15 is 0 Å². The monoisotopic (exact) mass is 315 g/mol. The van der Waals surface area contributed by atoms with E-state index in [1.54, 1.807) is 7.11 Å². The van der Waals surface area contributed by atoms with Gasteiger partial charge in [-0.25, -0.2) is 9.97 Å². The van der Waals surface area contributed by atoms with Gasteiger partial charge in [-0.05, 0) is 23.8 Å². The highest BCUT2D eigenvalue weighted by Gasteiger charge is 2.12. The lowest BCUT2D eigenvalue weighted by Crippen LogP contribution is -2.00. The summed E-state index contributed by atoms with van der Waals surface area (Å²) in [4.78, 5) is 9.27. The minimum Gasteiger partial charge on any atom is -0.497 e. The summed E-state index contributed by atoms with van der Waals surface area (Å²) < 4.78 is 7.32. The maximum atomic E-state index is 5.20. The number of methoxy groups -OCH3 is 1. The van der Waals surface area contributed by atoms with Crippen molar-refractivity contribution in [2.24, 2.45) is 0 Å². The third-order valence-electron chi connectivity index (χ3n) is 3.98. The van der Waals surface area contributed by atoms with E-state index in [9.17, 15) is 0 Å². The first kappa shape index (κ1) is 14.5. The van der Waals surface area contributed by atoms with E-state index in [1.165, 1.54) is 5.56 Å². The molecule has 2 heterocycles. The van der Waals surface area contributed by atoms with E-state index in [0.717, 1.165) is 35.1 Å². The normalized spacial score (nSPS) is 10.9. The van der Waals surface area contributed by atoms with Crippen LogP contribution >= 0.6 is 0 Å². The molecular weight excluding hydrogens is 298 g/mol. The van der Waals surface area contributed by atoms with Gasteiger partial charge in [0.05, 0.1) is 12.8 Å². The van der Waals surface area contributed by atoms with Crippen molar-refractivity contribution in [1.29, 1.82) is 0 Å². The number of pyridine rings is 1. The molecular formula is C20H17N3O. The highest BCUT2D eigenvalue weighted by atomic mass is 16.5. The van der Waals surface area contributed by atoms with Crippen LogP contribution in [0.1, 0.15) is 5.56 Å². The molecule has 0 atom stereocenters. The van der Waals surface area contributed by atoms with Gasteiger partial charge in [0.25, 0.3) is 0 Å². The zero-order valence-corrected chi connectivity index (χ0v) is 13.4. The van der Waals surface area contributed by atoms with Crippen LogP contribution in [0.4, 0.5) is 0 Å². The molecule has 4 rings (SSSR count). The fourth-order valence-electron chi connectivity index (χ4n) is 2.71. The molecule has 0 aliphatic carbocycles. The van der Waals surface area contributed by atoms with Crippen molar-refractivity contribution in [2.45, 2.75) is 6.54 Å². The predicted octanol–water partition coefficient (Wildman–Crippen LogP) is 4.11. The Morgan fingerprint density at radius 1 is 0.875 bits per heavy atom. The summed E-state index contributed by atoms with van der Waals surface area (Å²) >= 11 is 0. The number of hydrogen-bond acceptors (Lipinski definition) is 3. The zero-order valence-electron chi connectivity index (χ0n) is 13.4. The quantitative estimate of drug-likeness (QED) is 0.569. The summed E-state index contributed by atoms with van der Waals surface area (Å²) in [6.45, 7) is 0.785. The number of ether oxygens (including phenoxy) is 1. The van der Waals surface area contributed by atoms with Gasteiger partial charge < -0.3 is 9.30 Å². The van der Waals surface area contributed by atoms with E-state index in [2.05, 4.69) is 26.7 Å². The molecule has 2 aliphatic rings. The fraction of sp³-hybridized carbons (Fsp3) is 0.100. The highest BCUT2D eigenvalue weighted by Crippen LogP contribution is 2.24. The van der Waals surface area contributed by atoms with Gasteiger partial charge >= 0.3 is 0 Å². The number of nitrogens with zero attached hydrogens (tertiary/aromatic N) is 3. The lowest BCUT2D eigenvalue weighted by atomic mass is 10.2. The summed E-state index contributed by atoms with van der Waals surface area (Å²) in [6.07, 6.45) is 4.08. The average Bonchev–Trinajstić information content (AvgIpc) is 3.06. The fourth-order valence-corrected chi connectivity index (χ4v) is 2.71. The second kappa shape index (κ2) is 6.16. The molecule has 0 N–H and O–H groups in total. The van der Waals surface area contributed by atoms with Crippen LogP contribution in [-0.2, 0) is 6.54 Å². The van der Waals surface area contributed by atoms with Crippen molar-refractivity contribution in [3.05, 3.63) is 78.6 Å². The van der Waals surface area contributed by atoms with Crippen LogP contribution in [0.2, 0.25) is 0 Å². The Labute approximate surface area is 140 Å². The zero-order chi connectivity index (χ0) is 16.4. The number of hydrogen-bond donors (Lipinski definition) is 0. The average molecular weight is 315 g/mol. The molecule has 0 fully saturated rings. The van der Waals surface area contributed by atoms with Gasteiger partial charge in [0.1, 0.15) is 11.4 Å². The van der Waals surface area contributed by atoms with E-state index in [-0.39, 0.29) is 0 Å². The number of imidazole rings is 1. The summed E-state index contributed by atoms with van der Waals surface area (Å²) in [7, 11) is 1.68. The smallest absolute Gasteiger partial charge is 0.160 e. The second-order valence-electron chi connectivity index (χ2n) is 5.65. The minimum atomic E-state index is 0.771. The largest absolute Gasteiger partial charge is 0.497 e. The lowest BCUT2D eigenvalue weighted by molar-refractivity contribution is 0.414. The van der Waals surface area contributed by atoms with Gasteiger partial charge in [-0.3, -0.25) is 0 Å². The maximum absolute atomic E-state index is 5.20. The summed E-state index contributed by atoms with van der Waals surface area (Å²) in [5, 5.41) is 0. The van der Waals surface area contributed by atoms with Crippen LogP contribution in [0, 0.1) is 0 Å². The summed E-state index contributed by atoms with van der Waals surface area (Å²) in [5.74, 6) is 1.64. The molecule has 2 aromatic carbocycles. The van der Waals surface area contributed by atoms with Crippen LogP contribution in [0.25, 0.3) is 22.8 Å². The Morgan fingerprint density at radius 3 is 2.38 bits per heavy atom. The van der Waals surface area contributed by atoms with Crippen molar-refractivity contribution >= 4 is 0 Å². The van der Waals surface area contributed by atoms with Gasteiger partial charge in [-0.15, -0.1) is 0 Å². The van der Waals surface area contributed by atoms with Crippen molar-refractivity contribution < 1.29 is 4.74 Å². The predicted molar refractivity (Wildman–Crippen MR) is 94.2 cm³/mol. The van der Waals surface area contributed by atoms with E-state index < -0.39 is 0 Å². The van der Waals surface area contributed by atoms with Crippen molar-refractivity contribution in [3.63, 3.8) is 0 Å². The van der Waals surface area contributed by atoms with Crippen LogP contribution in [0.5, 0.6) is 5.75 Å². The Hall–Kier alpha value is -3.14. The van der Waals surface area contributed by atoms with Gasteiger partial charge in [-0.2, -0.15) is 0 Å². The first-order valence-electron chi connectivity index (χ1n) is 7.84. The van der Waals surface area contributed by atoms with Gasteiger partial charge in [0, 0.05) is 24.5 Å². The van der Waals surface area contributed by atoms with E-state index in [0.29, 0.717) is 0 Å². The van der Waals surface area contributed by atoms with Gasteiger partial charge in [0.15, 0.2) is 5.82 Å². The van der Waals surface area contributed by atoms with Crippen molar-refractivity contribution in [1.82, 2.24) is 14.5 Å². The van der Waals surface area contributed by atoms with E-state index in [1.807, 2.05) is 60.9 Å². The molecule has 4 nitrogen and oxygen atoms in total. The molecule has 0 spiro atoms. The third kappa shape index (κ3) is 2.86. The first-order valence-corrected chi connectivity index (χ1v) is 7.84. The lowest BCUT2D eigenvalue weighted by Gasteiger charge is -2.08. The van der Waals surface area contributed by atoms with Crippen molar-refractivity contribution in [2.75, 3.05) is 7.11 Å². The van der Waals surface area contributed by atoms with E-state index in [4.69, 9.17) is 4.74 Å². The number of aromatic nitrogens is 3. The second-order valence-corrected chi connectivity index (χ2v) is 5.65. The SMILES string of the molecule is COc1ccc(Cn2ccc3nc(-c4ccccc4)nc-3c2)cc1. The van der Waals surface area contributed by atoms with Gasteiger partial charge in [-0.1, -0.05) is 42.5 Å². The van der Waals surface area contributed by atoms with Crippen molar-refractivity contribution in [3.8, 4) is 28.5 Å². The highest BCUT2D eigenvalue weighted by molar-refractivity contribution is 5.65. The standard InChI is InChI=1S/C20H17N3O/c1-24-17-9-7-15(8-10-17)13-23-12-11-18-19(14-23)22-20(21-18)16-5-3-2-4-6-16/h2-12,14H,13H2,1H3. The molecule has 2 aliphatic heterocycles. The number of fused-ring (bicyclic) bond motifs is 1. The third-order valence-corrected chi connectivity index (χ3v) is 3.98. The molecule has 118 valence electrons. The topological polar surface area (TPSA) is 39.9 Å². The molecule has 0 unspecified atom stereocenters. The number of benzene rings is 2. The Kier molecular flexibility index (Phi) is 3.71. The molecule has 0 radical (unpaired) electrons. The maximum Gasteiger partial charge on any atom is 0.160 e. The first-order chi connectivity index (χ1) is 11.8. The molecule has 2 aromatic rings. The Morgan fingerprint density at radius 2 is 1.62 bits per heavy atom. The molecule has 4 heteroatoms. The van der Waals surface area contributed by atoms with Gasteiger partial charge in [0.2, 0.25) is 0 Å². The molecule has 0 bridgehead atoms. The van der Waals surface area contributed by atoms with Crippen LogP contribution in [0.3, 0.4) is 0 Å². The Bertz CT molecular complexity index is 913. The van der Waals surface area contributed by atoms with Crippen LogP contribution in [0.15, 0.2) is 73.1 Å². The summed E-state index contributed by atoms with van der Waals surface area (Å²) in [5.41, 5.74) is 4.07. The van der Waals surface area contributed by atoms with Crippen LogP contribution < -0.4 is 4.74 Å². The van der Waals surface area contributed by atoms with Crippen LogP contribution in [-0.4, -0.2) is 21.6 Å².